The molecule has 0 N–H and O–H groups in total. The smallest absolute Gasteiger partial charge is 0.0647 e. The van der Waals surface area contributed by atoms with Crippen LogP contribution in [0.2, 0.25) is 5.82 Å². The van der Waals surface area contributed by atoms with Gasteiger partial charge in [0.15, 0.2) is 0 Å². The molecule has 0 spiro atoms. The van der Waals surface area contributed by atoms with Gasteiger partial charge in [0.25, 0.3) is 0 Å². The van der Waals surface area contributed by atoms with Crippen molar-refractivity contribution in [3.05, 3.63) is 0 Å². The largest absolute Gasteiger partial charge is 0.106 e. The molecule has 0 aromatic heterocycles. The second-order valence-electron chi connectivity index (χ2n) is 4.90. The van der Waals surface area contributed by atoms with E-state index >= 15 is 0 Å². The van der Waals surface area contributed by atoms with Gasteiger partial charge in [-0.3, -0.25) is 0 Å². The Labute approximate surface area is 66.8 Å². The van der Waals surface area contributed by atoms with Gasteiger partial charge in [-0.25, -0.2) is 0 Å². The first-order valence-electron chi connectivity index (χ1n) is 4.34. The van der Waals surface area contributed by atoms with Gasteiger partial charge in [0, 0.05) is 0 Å². The average Bonchev–Trinajstić information content (AvgIpc) is 1.60. The fourth-order valence-electron chi connectivity index (χ4n) is 1.06. The zero-order valence-corrected chi connectivity index (χ0v) is 8.36. The van der Waals surface area contributed by atoms with Gasteiger partial charge in [-0.1, -0.05) is 46.9 Å². The first-order valence-corrected chi connectivity index (χ1v) is 4.34. The van der Waals surface area contributed by atoms with Crippen LogP contribution >= 0.6 is 0 Å². The highest BCUT2D eigenvalue weighted by Gasteiger charge is 2.20. The topological polar surface area (TPSA) is 0 Å². The molecule has 0 aromatic rings. The fourth-order valence-corrected chi connectivity index (χ4v) is 1.06. The molecular weight excluding hydrogens is 119 g/mol. The maximum absolute atomic E-state index is 2.35. The Balaban J connectivity index is 3.73. The molecule has 0 rings (SSSR count). The second kappa shape index (κ2) is 3.45. The Morgan fingerprint density at radius 1 is 1.20 bits per heavy atom. The predicted octanol–water partition coefficient (Wildman–Crippen LogP) is 2.50. The van der Waals surface area contributed by atoms with Crippen molar-refractivity contribution in [2.45, 2.75) is 46.9 Å². The van der Waals surface area contributed by atoms with Gasteiger partial charge in [-0.15, -0.1) is 0 Å². The van der Waals surface area contributed by atoms with Gasteiger partial charge in [0.1, 0.15) is 7.85 Å². The summed E-state index contributed by atoms with van der Waals surface area (Å²) in [6.07, 6.45) is 1.35. The first-order chi connectivity index (χ1) is 4.34. The van der Waals surface area contributed by atoms with Gasteiger partial charge in [-0.2, -0.15) is 0 Å². The van der Waals surface area contributed by atoms with E-state index < -0.39 is 0 Å². The highest BCUT2D eigenvalue weighted by atomic mass is 14.2. The van der Waals surface area contributed by atoms with Crippen LogP contribution in [0, 0.1) is 11.3 Å². The molecule has 0 aliphatic rings. The van der Waals surface area contributed by atoms with Crippen LogP contribution in [0.1, 0.15) is 41.0 Å². The lowest BCUT2D eigenvalue weighted by atomic mass is 9.65. The van der Waals surface area contributed by atoms with Crippen molar-refractivity contribution in [2.75, 3.05) is 0 Å². The molecule has 0 saturated heterocycles. The minimum Gasteiger partial charge on any atom is -0.0647 e. The highest BCUT2D eigenvalue weighted by molar-refractivity contribution is 6.12. The summed E-state index contributed by atoms with van der Waals surface area (Å²) >= 11 is 0. The van der Waals surface area contributed by atoms with Crippen molar-refractivity contribution in [1.29, 1.82) is 0 Å². The SMILES string of the molecule is BC(CC(C)C)C(C)(C)C. The van der Waals surface area contributed by atoms with Gasteiger partial charge >= 0.3 is 0 Å². The summed E-state index contributed by atoms with van der Waals surface area (Å²) in [4.78, 5) is 0. The summed E-state index contributed by atoms with van der Waals surface area (Å²) in [6.45, 7) is 11.5. The van der Waals surface area contributed by atoms with Gasteiger partial charge < -0.3 is 0 Å². The van der Waals surface area contributed by atoms with E-state index in [1.807, 2.05) is 0 Å². The molecule has 0 bridgehead atoms. The van der Waals surface area contributed by atoms with Gasteiger partial charge in [0.05, 0.1) is 0 Å². The van der Waals surface area contributed by atoms with Crippen LogP contribution in [0.5, 0.6) is 0 Å². The van der Waals surface area contributed by atoms with Crippen molar-refractivity contribution >= 4 is 7.85 Å². The summed E-state index contributed by atoms with van der Waals surface area (Å²) in [5.41, 5.74) is 0.490. The third kappa shape index (κ3) is 3.97. The van der Waals surface area contributed by atoms with Crippen LogP contribution in [0.15, 0.2) is 0 Å². The van der Waals surface area contributed by atoms with E-state index in [0.717, 1.165) is 11.7 Å². The van der Waals surface area contributed by atoms with Crippen molar-refractivity contribution < 1.29 is 0 Å². The van der Waals surface area contributed by atoms with Crippen molar-refractivity contribution in [1.82, 2.24) is 0 Å². The molecule has 1 heteroatoms. The maximum Gasteiger partial charge on any atom is 0.106 e. The zero-order chi connectivity index (χ0) is 8.36. The fraction of sp³-hybridized carbons (Fsp3) is 1.00. The standard InChI is InChI=1S/C9H21B/c1-7(2)6-8(10)9(3,4)5/h7-8H,6,10H2,1-5H3. The summed E-state index contributed by atoms with van der Waals surface area (Å²) in [7, 11) is 2.35. The van der Waals surface area contributed by atoms with E-state index in [1.165, 1.54) is 6.42 Å². The van der Waals surface area contributed by atoms with E-state index in [9.17, 15) is 0 Å². The van der Waals surface area contributed by atoms with Crippen LogP contribution in [-0.4, -0.2) is 7.85 Å². The van der Waals surface area contributed by atoms with Gasteiger partial charge in [0.2, 0.25) is 0 Å². The Morgan fingerprint density at radius 3 is 1.70 bits per heavy atom. The van der Waals surface area contributed by atoms with Crippen LogP contribution < -0.4 is 0 Å². The summed E-state index contributed by atoms with van der Waals surface area (Å²) in [5.74, 6) is 1.68. The summed E-state index contributed by atoms with van der Waals surface area (Å²) < 4.78 is 0. The Bertz CT molecular complexity index is 89.4. The molecule has 1 unspecified atom stereocenters. The minimum absolute atomic E-state index is 0.490. The molecule has 0 nitrogen and oxygen atoms in total. The summed E-state index contributed by atoms with van der Waals surface area (Å²) in [5, 5.41) is 0. The van der Waals surface area contributed by atoms with E-state index in [4.69, 9.17) is 0 Å². The average molecular weight is 140 g/mol. The lowest BCUT2D eigenvalue weighted by Gasteiger charge is -2.28. The Hall–Kier alpha value is 0.0649. The molecular formula is C9H21B. The van der Waals surface area contributed by atoms with Crippen LogP contribution in [0.25, 0.3) is 0 Å². The maximum atomic E-state index is 2.35. The third-order valence-corrected chi connectivity index (χ3v) is 2.30. The molecule has 0 heterocycles. The molecule has 0 amide bonds. The van der Waals surface area contributed by atoms with Crippen molar-refractivity contribution in [3.63, 3.8) is 0 Å². The Kier molecular flexibility index (Phi) is 3.48. The lowest BCUT2D eigenvalue weighted by Crippen LogP contribution is -2.16. The second-order valence-corrected chi connectivity index (χ2v) is 4.90. The monoisotopic (exact) mass is 140 g/mol. The Morgan fingerprint density at radius 2 is 1.60 bits per heavy atom. The van der Waals surface area contributed by atoms with Crippen molar-refractivity contribution in [2.24, 2.45) is 11.3 Å². The first kappa shape index (κ1) is 10.1. The molecule has 0 aliphatic carbocycles. The van der Waals surface area contributed by atoms with Crippen LogP contribution in [-0.2, 0) is 0 Å². The molecule has 0 aliphatic heterocycles. The zero-order valence-electron chi connectivity index (χ0n) is 8.36. The van der Waals surface area contributed by atoms with Crippen LogP contribution in [0.3, 0.4) is 0 Å². The van der Waals surface area contributed by atoms with E-state index in [2.05, 4.69) is 42.5 Å². The number of hydrogen-bond donors (Lipinski definition) is 0. The molecule has 0 radical (unpaired) electrons. The molecule has 1 atom stereocenters. The quantitative estimate of drug-likeness (QED) is 0.517. The normalized spacial score (nSPS) is 15.8. The van der Waals surface area contributed by atoms with E-state index in [0.29, 0.717) is 5.41 Å². The molecule has 60 valence electrons. The predicted molar refractivity (Wildman–Crippen MR) is 51.2 cm³/mol. The highest BCUT2D eigenvalue weighted by Crippen LogP contribution is 2.33. The number of rotatable bonds is 2. The van der Waals surface area contributed by atoms with Gasteiger partial charge in [-0.05, 0) is 11.3 Å². The minimum atomic E-state index is 0.490. The molecule has 0 aromatic carbocycles. The van der Waals surface area contributed by atoms with Crippen molar-refractivity contribution in [3.8, 4) is 0 Å². The third-order valence-electron chi connectivity index (χ3n) is 2.30. The lowest BCUT2D eigenvalue weighted by molar-refractivity contribution is 0.339. The molecule has 10 heavy (non-hydrogen) atoms. The molecule has 0 saturated carbocycles. The van der Waals surface area contributed by atoms with E-state index in [-0.39, 0.29) is 0 Å². The number of hydrogen-bond acceptors (Lipinski definition) is 0. The summed E-state index contributed by atoms with van der Waals surface area (Å²) in [6, 6.07) is 0. The molecule has 0 fully saturated rings. The van der Waals surface area contributed by atoms with Crippen LogP contribution in [0.4, 0.5) is 0 Å². The van der Waals surface area contributed by atoms with E-state index in [1.54, 1.807) is 0 Å².